The molecule has 1 fully saturated rings. The molecule has 0 aliphatic carbocycles. The van der Waals surface area contributed by atoms with E-state index in [2.05, 4.69) is 34.3 Å². The van der Waals surface area contributed by atoms with Gasteiger partial charge in [-0.1, -0.05) is 13.0 Å². The Hall–Kier alpha value is -0.930. The van der Waals surface area contributed by atoms with E-state index in [9.17, 15) is 0 Å². The van der Waals surface area contributed by atoms with Crippen LogP contribution < -0.4 is 5.32 Å². The molecule has 1 unspecified atom stereocenters. The van der Waals surface area contributed by atoms with Gasteiger partial charge in [0.1, 0.15) is 0 Å². The van der Waals surface area contributed by atoms with Gasteiger partial charge in [0.25, 0.3) is 0 Å². The molecule has 0 radical (unpaired) electrons. The molecule has 0 spiro atoms. The van der Waals surface area contributed by atoms with E-state index >= 15 is 0 Å². The fourth-order valence-corrected chi connectivity index (χ4v) is 2.38. The molecule has 1 aliphatic rings. The molecular weight excluding hydrogens is 210 g/mol. The fourth-order valence-electron chi connectivity index (χ4n) is 2.38. The summed E-state index contributed by atoms with van der Waals surface area (Å²) in [6, 6.07) is 4.97. The van der Waals surface area contributed by atoms with E-state index in [0.29, 0.717) is 6.04 Å². The number of aromatic nitrogens is 1. The van der Waals surface area contributed by atoms with Gasteiger partial charge in [0.15, 0.2) is 0 Å². The third kappa shape index (κ3) is 3.79. The minimum atomic E-state index is 0.688. The Morgan fingerprint density at radius 1 is 1.47 bits per heavy atom. The zero-order valence-corrected chi connectivity index (χ0v) is 10.9. The first-order chi connectivity index (χ1) is 8.28. The number of nitrogens with one attached hydrogen (secondary N) is 1. The molecular formula is C14H23N3. The molecule has 1 N–H and O–H groups in total. The number of nitrogens with zero attached hydrogens (tertiary/aromatic N) is 2. The third-order valence-corrected chi connectivity index (χ3v) is 3.47. The summed E-state index contributed by atoms with van der Waals surface area (Å²) >= 11 is 0. The molecule has 0 aromatic carbocycles. The maximum Gasteiger partial charge on any atom is 0.0372 e. The molecule has 17 heavy (non-hydrogen) atoms. The fraction of sp³-hybridized carbons (Fsp3) is 0.643. The monoisotopic (exact) mass is 233 g/mol. The lowest BCUT2D eigenvalue weighted by molar-refractivity contribution is 0.253. The summed E-state index contributed by atoms with van der Waals surface area (Å²) in [5.41, 5.74) is 2.41. The predicted octanol–water partition coefficient (Wildman–Crippen LogP) is 1.96. The van der Waals surface area contributed by atoms with Crippen molar-refractivity contribution in [2.45, 2.75) is 39.3 Å². The first-order valence-corrected chi connectivity index (χ1v) is 6.65. The Labute approximate surface area is 104 Å². The van der Waals surface area contributed by atoms with Gasteiger partial charge in [-0.05, 0) is 44.5 Å². The molecule has 1 aliphatic heterocycles. The largest absolute Gasteiger partial charge is 0.313 e. The Balaban J connectivity index is 1.87. The molecule has 3 heteroatoms. The molecule has 1 aromatic rings. The van der Waals surface area contributed by atoms with Gasteiger partial charge >= 0.3 is 0 Å². The highest BCUT2D eigenvalue weighted by molar-refractivity contribution is 5.13. The van der Waals surface area contributed by atoms with Crippen LogP contribution in [0.4, 0.5) is 0 Å². The molecule has 0 amide bonds. The lowest BCUT2D eigenvalue weighted by Crippen LogP contribution is -2.37. The van der Waals surface area contributed by atoms with Crippen LogP contribution in [0.25, 0.3) is 0 Å². The van der Waals surface area contributed by atoms with E-state index in [0.717, 1.165) is 25.3 Å². The maximum atomic E-state index is 4.36. The van der Waals surface area contributed by atoms with Crippen molar-refractivity contribution in [3.8, 4) is 0 Å². The molecule has 2 rings (SSSR count). The van der Waals surface area contributed by atoms with Crippen LogP contribution in [0.3, 0.4) is 0 Å². The van der Waals surface area contributed by atoms with E-state index in [1.807, 2.05) is 13.1 Å². The Bertz CT molecular complexity index is 328. The SMILES string of the molecule is CCN(Cc1ccc(C)nc1)CC1CCCN1. The van der Waals surface area contributed by atoms with Crippen molar-refractivity contribution < 1.29 is 0 Å². The minimum absolute atomic E-state index is 0.688. The number of likely N-dealkylation sites (N-methyl/N-ethyl adjacent to an activating group) is 1. The second-order valence-corrected chi connectivity index (χ2v) is 4.93. The van der Waals surface area contributed by atoms with Crippen molar-refractivity contribution in [1.29, 1.82) is 0 Å². The van der Waals surface area contributed by atoms with Crippen molar-refractivity contribution in [1.82, 2.24) is 15.2 Å². The van der Waals surface area contributed by atoms with Crippen LogP contribution in [-0.4, -0.2) is 35.6 Å². The van der Waals surface area contributed by atoms with Crippen molar-refractivity contribution in [2.75, 3.05) is 19.6 Å². The number of hydrogen-bond donors (Lipinski definition) is 1. The van der Waals surface area contributed by atoms with E-state index in [1.54, 1.807) is 0 Å². The molecule has 0 saturated carbocycles. The van der Waals surface area contributed by atoms with Crippen molar-refractivity contribution >= 4 is 0 Å². The number of rotatable bonds is 5. The van der Waals surface area contributed by atoms with Gasteiger partial charge in [-0.3, -0.25) is 9.88 Å². The Kier molecular flexibility index (Phi) is 4.51. The van der Waals surface area contributed by atoms with Crippen molar-refractivity contribution in [2.24, 2.45) is 0 Å². The second kappa shape index (κ2) is 6.12. The van der Waals surface area contributed by atoms with Gasteiger partial charge in [-0.2, -0.15) is 0 Å². The zero-order valence-electron chi connectivity index (χ0n) is 10.9. The average molecular weight is 233 g/mol. The highest BCUT2D eigenvalue weighted by atomic mass is 15.1. The summed E-state index contributed by atoms with van der Waals surface area (Å²) in [4.78, 5) is 6.85. The first-order valence-electron chi connectivity index (χ1n) is 6.65. The van der Waals surface area contributed by atoms with Crippen LogP contribution in [0.1, 0.15) is 31.0 Å². The lowest BCUT2D eigenvalue weighted by atomic mass is 10.2. The van der Waals surface area contributed by atoms with Gasteiger partial charge in [-0.25, -0.2) is 0 Å². The van der Waals surface area contributed by atoms with Crippen molar-refractivity contribution in [3.05, 3.63) is 29.6 Å². The number of pyridine rings is 1. The number of hydrogen-bond acceptors (Lipinski definition) is 3. The maximum absolute atomic E-state index is 4.36. The van der Waals surface area contributed by atoms with Crippen LogP contribution in [0.15, 0.2) is 18.3 Å². The normalized spacial score (nSPS) is 20.1. The minimum Gasteiger partial charge on any atom is -0.313 e. The molecule has 0 bridgehead atoms. The van der Waals surface area contributed by atoms with Gasteiger partial charge < -0.3 is 5.32 Å². The highest BCUT2D eigenvalue weighted by Gasteiger charge is 2.16. The number of aryl methyl sites for hydroxylation is 1. The van der Waals surface area contributed by atoms with Gasteiger partial charge in [0.05, 0.1) is 0 Å². The van der Waals surface area contributed by atoms with Crippen LogP contribution in [0, 0.1) is 6.92 Å². The van der Waals surface area contributed by atoms with Gasteiger partial charge in [-0.15, -0.1) is 0 Å². The lowest BCUT2D eigenvalue weighted by Gasteiger charge is -2.24. The van der Waals surface area contributed by atoms with Crippen molar-refractivity contribution in [3.63, 3.8) is 0 Å². The van der Waals surface area contributed by atoms with E-state index in [1.165, 1.54) is 24.9 Å². The van der Waals surface area contributed by atoms with E-state index in [-0.39, 0.29) is 0 Å². The zero-order chi connectivity index (χ0) is 12.1. The van der Waals surface area contributed by atoms with Crippen LogP contribution in [0.2, 0.25) is 0 Å². The molecule has 3 nitrogen and oxygen atoms in total. The summed E-state index contributed by atoms with van der Waals surface area (Å²) in [6.07, 6.45) is 4.65. The summed E-state index contributed by atoms with van der Waals surface area (Å²) in [5.74, 6) is 0. The molecule has 2 heterocycles. The summed E-state index contributed by atoms with van der Waals surface area (Å²) < 4.78 is 0. The molecule has 1 saturated heterocycles. The summed E-state index contributed by atoms with van der Waals surface area (Å²) in [7, 11) is 0. The highest BCUT2D eigenvalue weighted by Crippen LogP contribution is 2.10. The average Bonchev–Trinajstić information content (AvgIpc) is 2.84. The summed E-state index contributed by atoms with van der Waals surface area (Å²) in [6.45, 7) is 8.73. The summed E-state index contributed by atoms with van der Waals surface area (Å²) in [5, 5.41) is 3.56. The first kappa shape index (κ1) is 12.5. The van der Waals surface area contributed by atoms with Crippen LogP contribution in [-0.2, 0) is 6.54 Å². The topological polar surface area (TPSA) is 28.2 Å². The van der Waals surface area contributed by atoms with Crippen LogP contribution >= 0.6 is 0 Å². The molecule has 1 aromatic heterocycles. The third-order valence-electron chi connectivity index (χ3n) is 3.47. The Morgan fingerprint density at radius 3 is 2.94 bits per heavy atom. The molecule has 1 atom stereocenters. The van der Waals surface area contributed by atoms with Gasteiger partial charge in [0.2, 0.25) is 0 Å². The van der Waals surface area contributed by atoms with E-state index in [4.69, 9.17) is 0 Å². The predicted molar refractivity (Wildman–Crippen MR) is 70.9 cm³/mol. The smallest absolute Gasteiger partial charge is 0.0372 e. The quantitative estimate of drug-likeness (QED) is 0.842. The van der Waals surface area contributed by atoms with E-state index < -0.39 is 0 Å². The standard InChI is InChI=1S/C14H23N3/c1-3-17(11-14-5-4-8-15-14)10-13-7-6-12(2)16-9-13/h6-7,9,14-15H,3-5,8,10-11H2,1-2H3. The van der Waals surface area contributed by atoms with Gasteiger partial charge in [0, 0.05) is 31.0 Å². The van der Waals surface area contributed by atoms with Crippen LogP contribution in [0.5, 0.6) is 0 Å². The Morgan fingerprint density at radius 2 is 2.35 bits per heavy atom. The second-order valence-electron chi connectivity index (χ2n) is 4.93. The molecule has 94 valence electrons.